The first-order valence-electron chi connectivity index (χ1n) is 44.2. The van der Waals surface area contributed by atoms with Gasteiger partial charge < -0.3 is 81.7 Å². The van der Waals surface area contributed by atoms with Gasteiger partial charge in [0.2, 0.25) is 0 Å². The lowest BCUT2D eigenvalue weighted by Crippen LogP contribution is -2.45. The normalized spacial score (nSPS) is 27.0. The van der Waals surface area contributed by atoms with E-state index in [1.807, 2.05) is 55.4 Å². The van der Waals surface area contributed by atoms with Crippen molar-refractivity contribution >= 4 is 0 Å². The topological polar surface area (TPSA) is 350 Å². The predicted octanol–water partition coefficient (Wildman–Crippen LogP) is 14.1. The molecule has 0 amide bonds. The quantitative estimate of drug-likeness (QED) is 0.0672. The highest BCUT2D eigenvalue weighted by atomic mass is 16.3. The molecule has 20 heterocycles. The van der Waals surface area contributed by atoms with Crippen LogP contribution in [0.25, 0.3) is 0 Å². The summed E-state index contributed by atoms with van der Waals surface area (Å²) in [6.45, 7) is 21.2. The molecule has 0 saturated carbocycles. The van der Waals surface area contributed by atoms with Crippen LogP contribution in [0.1, 0.15) is 288 Å². The van der Waals surface area contributed by atoms with Crippen LogP contribution < -0.4 is 0 Å². The summed E-state index contributed by atoms with van der Waals surface area (Å²) in [5.41, 5.74) is 7.42. The van der Waals surface area contributed by atoms with E-state index in [2.05, 4.69) is 39.2 Å². The second kappa shape index (κ2) is 32.6. The molecule has 22 aliphatic rings. The molecule has 0 atom stereocenters. The average Bonchev–Trinajstić information content (AvgIpc) is 0.728. The van der Waals surface area contributed by atoms with Crippen LogP contribution in [0.2, 0.25) is 0 Å². The van der Waals surface area contributed by atoms with Crippen molar-refractivity contribution in [1.29, 1.82) is 0 Å². The molecule has 24 heteroatoms. The summed E-state index contributed by atoms with van der Waals surface area (Å²) in [7, 11) is 0. The Labute approximate surface area is 702 Å². The average molecular weight is 1640 g/mol. The number of phenols is 16. The molecule has 20 aliphatic heterocycles. The molecule has 120 heavy (non-hydrogen) atoms. The highest BCUT2D eigenvalue weighted by Gasteiger charge is 2.43. The van der Waals surface area contributed by atoms with Gasteiger partial charge in [-0.2, -0.15) is 0 Å². The minimum Gasteiger partial charge on any atom is -0.507 e. The fraction of sp³-hybridized carbons (Fsp3) is 0.500. The van der Waals surface area contributed by atoms with Gasteiger partial charge in [-0.1, -0.05) is 55.4 Å². The number of hydrogen-bond donors (Lipinski definition) is 16. The Kier molecular flexibility index (Phi) is 22.4. The first-order valence-corrected chi connectivity index (χ1v) is 44.2. The first-order chi connectivity index (χ1) is 57.8. The summed E-state index contributed by atoms with van der Waals surface area (Å²) in [4.78, 5) is 17.0. The van der Waals surface area contributed by atoms with Crippen LogP contribution in [0.5, 0.6) is 92.0 Å². The summed E-state index contributed by atoms with van der Waals surface area (Å²) in [5.74, 6) is -10.3. The molecule has 640 valence electrons. The van der Waals surface area contributed by atoms with Gasteiger partial charge in [0.15, 0.2) is 0 Å². The van der Waals surface area contributed by atoms with Crippen molar-refractivity contribution in [2.45, 2.75) is 206 Å². The Morgan fingerprint density at radius 1 is 0.158 bits per heavy atom. The number of phenolic OH excluding ortho intramolecular Hbond substituents is 16. The molecular formula is C96H120N8O16. The number of hydrogen-bond acceptors (Lipinski definition) is 24. The van der Waals surface area contributed by atoms with Gasteiger partial charge in [-0.3, -0.25) is 39.2 Å². The van der Waals surface area contributed by atoms with Crippen molar-refractivity contribution < 1.29 is 81.7 Å². The number of benzene rings is 8. The van der Waals surface area contributed by atoms with Crippen LogP contribution >= 0.6 is 0 Å². The van der Waals surface area contributed by atoms with Gasteiger partial charge >= 0.3 is 0 Å². The van der Waals surface area contributed by atoms with Gasteiger partial charge in [-0.15, -0.1) is 0 Å². The monoisotopic (exact) mass is 1640 g/mol. The van der Waals surface area contributed by atoms with Crippen molar-refractivity contribution in [3.63, 3.8) is 0 Å². The van der Waals surface area contributed by atoms with Crippen molar-refractivity contribution in [1.82, 2.24) is 39.2 Å². The number of piperazine rings is 4. The van der Waals surface area contributed by atoms with E-state index in [-0.39, 0.29) is 240 Å². The molecule has 8 aromatic carbocycles. The maximum absolute atomic E-state index is 13.6. The Morgan fingerprint density at radius 2 is 0.233 bits per heavy atom. The highest BCUT2D eigenvalue weighted by molar-refractivity contribution is 5.71. The maximum Gasteiger partial charge on any atom is 0.127 e. The van der Waals surface area contributed by atoms with E-state index in [0.717, 1.165) is 0 Å². The number of aromatic hydroxyl groups is 16. The third-order valence-electron chi connectivity index (χ3n) is 29.6. The van der Waals surface area contributed by atoms with E-state index in [9.17, 15) is 81.7 Å². The predicted molar refractivity (Wildman–Crippen MR) is 457 cm³/mol. The van der Waals surface area contributed by atoms with Crippen LogP contribution in [0.3, 0.4) is 0 Å². The van der Waals surface area contributed by atoms with Gasteiger partial charge in [0, 0.05) is 293 Å². The maximum atomic E-state index is 13.6. The molecule has 0 spiro atoms. The van der Waals surface area contributed by atoms with Crippen LogP contribution in [0.15, 0.2) is 48.5 Å². The molecule has 2 aliphatic carbocycles. The van der Waals surface area contributed by atoms with Gasteiger partial charge in [-0.25, -0.2) is 0 Å². The first kappa shape index (κ1) is 82.5. The molecule has 30 rings (SSSR count). The second-order valence-corrected chi connectivity index (χ2v) is 35.7. The minimum absolute atomic E-state index is 0.00401. The molecule has 0 unspecified atom stereocenters. The molecule has 0 aromatic heterocycles. The lowest BCUT2D eigenvalue weighted by Gasteiger charge is -2.38. The third-order valence-corrected chi connectivity index (χ3v) is 29.6. The van der Waals surface area contributed by atoms with E-state index < -0.39 is 47.3 Å². The van der Waals surface area contributed by atoms with Gasteiger partial charge in [0.25, 0.3) is 0 Å². The summed E-state index contributed by atoms with van der Waals surface area (Å²) in [5, 5.41) is 218. The molecule has 4 fully saturated rings. The van der Waals surface area contributed by atoms with Crippen molar-refractivity contribution in [2.24, 2.45) is 0 Å². The summed E-state index contributed by atoms with van der Waals surface area (Å²) in [6.07, 6.45) is 2.12. The third kappa shape index (κ3) is 13.6. The molecule has 16 N–H and O–H groups in total. The van der Waals surface area contributed by atoms with E-state index in [1.165, 1.54) is 0 Å². The zero-order valence-corrected chi connectivity index (χ0v) is 70.6. The summed E-state index contributed by atoms with van der Waals surface area (Å²) >= 11 is 0. The molecule has 24 nitrogen and oxygen atoms in total. The summed E-state index contributed by atoms with van der Waals surface area (Å²) < 4.78 is 0. The van der Waals surface area contributed by atoms with Crippen LogP contribution in [0, 0.1) is 0 Å². The van der Waals surface area contributed by atoms with Crippen LogP contribution in [0.4, 0.5) is 0 Å². The lowest BCUT2D eigenvalue weighted by atomic mass is 9.75. The van der Waals surface area contributed by atoms with Crippen LogP contribution in [-0.2, 0) is 52.4 Å². The Bertz CT molecular complexity index is 4140. The fourth-order valence-electron chi connectivity index (χ4n) is 22.6. The standard InChI is InChI=1S/C96H120N8O16/c1-9-49-57-33-59-50(10-2)61-35-63-52(12-4)64-36-62-51(11-3)60-34-58(49)82(106)74(84(60)108)42-98-19-23-100(24-20-98)46-78-90(114)66-38-68(92(78)116)55(15-7)70-40-72(96(120)80(94(70)118)48-104-31-27-102(28-32-104)44-76(86(62)110)88(64)112)56(16-8)71-39-69(93(117)79(95(71)119)47-103-29-25-101(26-30-103)43-75(85(61)109)87(63)111)54(14-6)67-37-65(53(66)13-5)89(113)77(91(67)115)45-99-21-17-97(18-22-99)41-73(81(57)105)83(59)107/h33-40,49-56,105-120H,9-32,41-48H2,1-8H3. The van der Waals surface area contributed by atoms with E-state index >= 15 is 0 Å². The molecule has 0 radical (unpaired) electrons. The zero-order chi connectivity index (χ0) is 84.6. The highest BCUT2D eigenvalue weighted by Crippen LogP contribution is 2.60. The number of rotatable bonds is 8. The largest absolute Gasteiger partial charge is 0.507 e. The Hall–Kier alpha value is -9.76. The Morgan fingerprint density at radius 3 is 0.300 bits per heavy atom. The lowest BCUT2D eigenvalue weighted by molar-refractivity contribution is 0.118. The van der Waals surface area contributed by atoms with Gasteiger partial charge in [0.1, 0.15) is 92.0 Å². The molecule has 32 bridgehead atoms. The number of nitrogens with zero attached hydrogens (tertiary/aromatic N) is 8. The molecular weight excluding hydrogens is 1520 g/mol. The molecule has 8 aromatic rings. The van der Waals surface area contributed by atoms with E-state index in [4.69, 9.17) is 0 Å². The van der Waals surface area contributed by atoms with Crippen molar-refractivity contribution in [2.75, 3.05) is 105 Å². The smallest absolute Gasteiger partial charge is 0.127 e. The van der Waals surface area contributed by atoms with E-state index in [1.54, 1.807) is 48.5 Å². The fourth-order valence-corrected chi connectivity index (χ4v) is 22.6. The van der Waals surface area contributed by atoms with Crippen molar-refractivity contribution in [3.05, 3.63) is 182 Å². The summed E-state index contributed by atoms with van der Waals surface area (Å²) in [6, 6.07) is 14.3. The Balaban J connectivity index is 1.03. The molecule has 4 saturated heterocycles. The van der Waals surface area contributed by atoms with Gasteiger partial charge in [0.05, 0.1) is 44.5 Å². The van der Waals surface area contributed by atoms with Crippen molar-refractivity contribution in [3.8, 4) is 92.0 Å². The zero-order valence-electron chi connectivity index (χ0n) is 70.6. The van der Waals surface area contributed by atoms with Crippen LogP contribution in [-0.4, -0.2) is 226 Å². The van der Waals surface area contributed by atoms with Gasteiger partial charge in [-0.05, 0) is 99.9 Å². The second-order valence-electron chi connectivity index (χ2n) is 35.7. The van der Waals surface area contributed by atoms with E-state index in [0.29, 0.717) is 194 Å². The SMILES string of the molecule is CCC1c2cc3c(O)c(c2O)CN2CCN(CC2)Cc2c(O)c4cc(c2O)C(CC)c2cc5c(O)c(c2O)CN2CCN(CC2)Cc2c(O)c(cc(c2O)C(CC)c2cc6c(O)c(c2O)CN2CCN(CC2)Cc2c(O)c(cc(c2O)C5CC)C(CC)c2cc(c(O)c(c2O)CN2CCN(CC2)Cc2c(O)c1cc(c2O)C6CC)C4CC)C3CC. The minimum atomic E-state index is -0.862.